The molecule has 1 N–H and O–H groups in total. The summed E-state index contributed by atoms with van der Waals surface area (Å²) in [5.41, 5.74) is 2.54. The number of ether oxygens (including phenoxy) is 1. The minimum Gasteiger partial charge on any atom is -0.497 e. The smallest absolute Gasteiger partial charge is 0.270 e. The van der Waals surface area contributed by atoms with E-state index in [0.717, 1.165) is 28.6 Å². The van der Waals surface area contributed by atoms with Crippen molar-refractivity contribution in [1.29, 1.82) is 0 Å². The van der Waals surface area contributed by atoms with E-state index >= 15 is 0 Å². The summed E-state index contributed by atoms with van der Waals surface area (Å²) >= 11 is 0. The monoisotopic (exact) mass is 459 g/mol. The maximum atomic E-state index is 13.5. The fourth-order valence-corrected chi connectivity index (χ4v) is 5.56. The molecule has 1 aliphatic carbocycles. The minimum absolute atomic E-state index is 0.0297. The number of fused-ring (bicyclic) bond motifs is 1. The summed E-state index contributed by atoms with van der Waals surface area (Å²) in [6.45, 7) is 1.30. The van der Waals surface area contributed by atoms with Gasteiger partial charge in [0, 0.05) is 30.0 Å². The first kappa shape index (κ1) is 22.5. The number of carbonyl (C=O) groups is 2. The zero-order valence-corrected chi connectivity index (χ0v) is 19.8. The van der Waals surface area contributed by atoms with E-state index in [0.29, 0.717) is 24.7 Å². The maximum Gasteiger partial charge on any atom is 0.270 e. The number of hydrogen-bond donors (Lipinski definition) is 1. The third kappa shape index (κ3) is 4.81. The number of aromatic nitrogens is 1. The number of amides is 2. The van der Waals surface area contributed by atoms with Gasteiger partial charge in [0.1, 0.15) is 18.0 Å². The van der Waals surface area contributed by atoms with Gasteiger partial charge in [-0.05, 0) is 42.2 Å². The molecule has 178 valence electrons. The molecule has 2 amide bonds. The highest BCUT2D eigenvalue weighted by Crippen LogP contribution is 2.31. The molecule has 6 nitrogen and oxygen atoms in total. The zero-order chi connectivity index (χ0) is 23.5. The molecule has 0 spiro atoms. The molecule has 1 aliphatic heterocycles. The van der Waals surface area contributed by atoms with Crippen LogP contribution in [-0.2, 0) is 11.3 Å². The van der Waals surface area contributed by atoms with Crippen LogP contribution in [0.2, 0.25) is 0 Å². The Morgan fingerprint density at radius 1 is 1.06 bits per heavy atom. The van der Waals surface area contributed by atoms with Gasteiger partial charge in [-0.3, -0.25) is 9.59 Å². The van der Waals surface area contributed by atoms with E-state index in [-0.39, 0.29) is 24.4 Å². The zero-order valence-electron chi connectivity index (χ0n) is 19.8. The predicted molar refractivity (Wildman–Crippen MR) is 133 cm³/mol. The molecule has 34 heavy (non-hydrogen) atoms. The van der Waals surface area contributed by atoms with Crippen LogP contribution in [0.4, 0.5) is 0 Å². The Balaban J connectivity index is 1.37. The van der Waals surface area contributed by atoms with Crippen molar-refractivity contribution >= 4 is 22.7 Å². The van der Waals surface area contributed by atoms with Gasteiger partial charge in [0.25, 0.3) is 5.91 Å². The molecule has 1 saturated heterocycles. The molecule has 1 atom stereocenters. The number of rotatable bonds is 6. The average Bonchev–Trinajstić information content (AvgIpc) is 3.30. The molecule has 6 heteroatoms. The molecule has 5 rings (SSSR count). The van der Waals surface area contributed by atoms with Crippen LogP contribution in [-0.4, -0.2) is 52.8 Å². The minimum atomic E-state index is -0.114. The quantitative estimate of drug-likeness (QED) is 0.564. The lowest BCUT2D eigenvalue weighted by Gasteiger charge is -2.43. The molecule has 2 aromatic carbocycles. The van der Waals surface area contributed by atoms with E-state index in [9.17, 15) is 9.59 Å². The second-order valence-corrected chi connectivity index (χ2v) is 9.72. The van der Waals surface area contributed by atoms with Gasteiger partial charge in [0.2, 0.25) is 5.91 Å². The Bertz CT molecular complexity index is 1150. The van der Waals surface area contributed by atoms with Crippen LogP contribution in [0.5, 0.6) is 5.75 Å². The largest absolute Gasteiger partial charge is 0.497 e. The molecule has 0 radical (unpaired) electrons. The predicted octanol–water partition coefficient (Wildman–Crippen LogP) is 5.00. The van der Waals surface area contributed by atoms with Gasteiger partial charge in [0.15, 0.2) is 0 Å². The standard InChI is InChI=1S/C28H33N3O3/c1-34-24-12-13-25-22(15-24)16-26(29-25)28(33)30-18-23(14-20-8-4-2-5-9-20)31(27(32)19-30)17-21-10-6-3-7-11-21/h3,6-7,10-13,15-16,20,23,29H,2,4-5,8-9,14,17-19H2,1H3/t23-/m0/s1. The summed E-state index contributed by atoms with van der Waals surface area (Å²) in [5.74, 6) is 1.29. The number of nitrogens with zero attached hydrogens (tertiary/aromatic N) is 2. The Morgan fingerprint density at radius 2 is 1.85 bits per heavy atom. The van der Waals surface area contributed by atoms with Gasteiger partial charge in [-0.1, -0.05) is 62.4 Å². The highest BCUT2D eigenvalue weighted by Gasteiger charge is 2.36. The van der Waals surface area contributed by atoms with Crippen LogP contribution in [0.1, 0.15) is 54.6 Å². The van der Waals surface area contributed by atoms with Gasteiger partial charge in [-0.2, -0.15) is 0 Å². The van der Waals surface area contributed by atoms with Crippen molar-refractivity contribution in [2.75, 3.05) is 20.2 Å². The molecule has 2 aliphatic rings. The first-order valence-electron chi connectivity index (χ1n) is 12.4. The molecule has 2 heterocycles. The number of hydrogen-bond acceptors (Lipinski definition) is 3. The summed E-state index contributed by atoms with van der Waals surface area (Å²) in [4.78, 5) is 33.8. The van der Waals surface area contributed by atoms with E-state index in [1.165, 1.54) is 32.1 Å². The van der Waals surface area contributed by atoms with Crippen molar-refractivity contribution in [3.05, 3.63) is 65.9 Å². The van der Waals surface area contributed by atoms with Crippen molar-refractivity contribution < 1.29 is 14.3 Å². The number of nitrogens with one attached hydrogen (secondary N) is 1. The lowest BCUT2D eigenvalue weighted by molar-refractivity contribution is -0.140. The first-order valence-corrected chi connectivity index (χ1v) is 12.4. The van der Waals surface area contributed by atoms with Gasteiger partial charge >= 0.3 is 0 Å². The summed E-state index contributed by atoms with van der Waals surface area (Å²) in [6.07, 6.45) is 7.26. The topological polar surface area (TPSA) is 65.6 Å². The number of carbonyl (C=O) groups excluding carboxylic acids is 2. The average molecular weight is 460 g/mol. The Hall–Kier alpha value is -3.28. The second kappa shape index (κ2) is 9.92. The van der Waals surface area contributed by atoms with E-state index < -0.39 is 0 Å². The number of benzene rings is 2. The summed E-state index contributed by atoms with van der Waals surface area (Å²) in [5, 5.41) is 0.926. The van der Waals surface area contributed by atoms with Crippen LogP contribution in [0, 0.1) is 5.92 Å². The number of piperazine rings is 1. The number of aromatic amines is 1. The van der Waals surface area contributed by atoms with Crippen molar-refractivity contribution in [2.45, 2.75) is 51.1 Å². The molecule has 1 saturated carbocycles. The highest BCUT2D eigenvalue weighted by atomic mass is 16.5. The molecule has 1 aromatic heterocycles. The van der Waals surface area contributed by atoms with Gasteiger partial charge in [0.05, 0.1) is 7.11 Å². The third-order valence-electron chi connectivity index (χ3n) is 7.39. The molecule has 2 fully saturated rings. The van der Waals surface area contributed by atoms with E-state index in [4.69, 9.17) is 4.74 Å². The number of methoxy groups -OCH3 is 1. The Kier molecular flexibility index (Phi) is 6.57. The summed E-state index contributed by atoms with van der Waals surface area (Å²) in [7, 11) is 1.63. The molecule has 0 unspecified atom stereocenters. The molecule has 3 aromatic rings. The van der Waals surface area contributed by atoms with Gasteiger partial charge in [-0.15, -0.1) is 0 Å². The SMILES string of the molecule is COc1ccc2[nH]c(C(=O)N3CC(=O)N(Cc4ccccc4)[C@@H](CC4CCCCC4)C3)cc2c1. The third-order valence-corrected chi connectivity index (χ3v) is 7.39. The molecule has 0 bridgehead atoms. The van der Waals surface area contributed by atoms with Crippen molar-refractivity contribution in [3.8, 4) is 5.75 Å². The van der Waals surface area contributed by atoms with Gasteiger partial charge < -0.3 is 19.5 Å². The highest BCUT2D eigenvalue weighted by molar-refractivity contribution is 6.00. The van der Waals surface area contributed by atoms with Crippen molar-refractivity contribution in [1.82, 2.24) is 14.8 Å². The summed E-state index contributed by atoms with van der Waals surface area (Å²) in [6, 6.07) is 17.8. The number of H-pyrrole nitrogens is 1. The molecular formula is C28H33N3O3. The summed E-state index contributed by atoms with van der Waals surface area (Å²) < 4.78 is 5.31. The lowest BCUT2D eigenvalue weighted by Crippen LogP contribution is -2.58. The fourth-order valence-electron chi connectivity index (χ4n) is 5.56. The maximum absolute atomic E-state index is 13.5. The van der Waals surface area contributed by atoms with Gasteiger partial charge in [-0.25, -0.2) is 0 Å². The Labute approximate surface area is 200 Å². The van der Waals surface area contributed by atoms with Crippen molar-refractivity contribution in [2.24, 2.45) is 5.92 Å². The second-order valence-electron chi connectivity index (χ2n) is 9.72. The Morgan fingerprint density at radius 3 is 2.62 bits per heavy atom. The van der Waals surface area contributed by atoms with Crippen molar-refractivity contribution in [3.63, 3.8) is 0 Å². The van der Waals surface area contributed by atoms with E-state index in [2.05, 4.69) is 17.1 Å². The van der Waals surface area contributed by atoms with Crippen LogP contribution < -0.4 is 4.74 Å². The van der Waals surface area contributed by atoms with E-state index in [1.807, 2.05) is 47.4 Å². The fraction of sp³-hybridized carbons (Fsp3) is 0.429. The lowest BCUT2D eigenvalue weighted by atomic mass is 9.84. The first-order chi connectivity index (χ1) is 16.6. The van der Waals surface area contributed by atoms with Crippen LogP contribution in [0.15, 0.2) is 54.6 Å². The molecular weight excluding hydrogens is 426 g/mol. The van der Waals surface area contributed by atoms with Crippen LogP contribution in [0.25, 0.3) is 10.9 Å². The van der Waals surface area contributed by atoms with Crippen LogP contribution >= 0.6 is 0 Å². The van der Waals surface area contributed by atoms with E-state index in [1.54, 1.807) is 12.0 Å². The normalized spacial score (nSPS) is 19.6. The van der Waals surface area contributed by atoms with Crippen LogP contribution in [0.3, 0.4) is 0 Å².